The van der Waals surface area contributed by atoms with Crippen LogP contribution in [0.25, 0.3) is 0 Å². The smallest absolute Gasteiger partial charge is 0.0160 e. The van der Waals surface area contributed by atoms with E-state index < -0.39 is 0 Å². The van der Waals surface area contributed by atoms with Crippen molar-refractivity contribution in [2.24, 2.45) is 5.73 Å². The lowest BCUT2D eigenvalue weighted by Crippen LogP contribution is -1.99. The summed E-state index contributed by atoms with van der Waals surface area (Å²) in [5, 5.41) is 0. The molecule has 0 fully saturated rings. The maximum atomic E-state index is 5.36. The van der Waals surface area contributed by atoms with E-state index in [1.54, 1.807) is 0 Å². The Morgan fingerprint density at radius 1 is 1.00 bits per heavy atom. The summed E-state index contributed by atoms with van der Waals surface area (Å²) in [6, 6.07) is 0. The molecule has 0 amide bonds. The van der Waals surface area contributed by atoms with Crippen molar-refractivity contribution in [1.29, 1.82) is 0 Å². The van der Waals surface area contributed by atoms with Gasteiger partial charge in [-0.1, -0.05) is 47.8 Å². The van der Waals surface area contributed by atoms with Crippen LogP contribution in [0.3, 0.4) is 0 Å². The maximum Gasteiger partial charge on any atom is 0.0160 e. The number of rotatable bonds is 8. The monoisotopic (exact) mass is 193 g/mol. The third-order valence-corrected chi connectivity index (χ3v) is 3.89. The van der Waals surface area contributed by atoms with Crippen LogP contribution < -0.4 is 5.73 Å². The molecular weight excluding hydrogens is 174 g/mol. The lowest BCUT2D eigenvalue weighted by molar-refractivity contribution is 0.707. The van der Waals surface area contributed by atoms with Crippen LogP contribution in [0.4, 0.5) is 0 Å². The molecule has 0 unspecified atom stereocenters. The zero-order valence-electron chi connectivity index (χ0n) is 7.34. The van der Waals surface area contributed by atoms with Gasteiger partial charge in [0.2, 0.25) is 0 Å². The van der Waals surface area contributed by atoms with E-state index in [0.29, 0.717) is 0 Å². The Bertz CT molecular complexity index is 61.1. The highest BCUT2D eigenvalue weighted by Crippen LogP contribution is 2.21. The number of hydrogen-bond donors (Lipinski definition) is 1. The fourth-order valence-electron chi connectivity index (χ4n) is 0.754. The van der Waals surface area contributed by atoms with E-state index in [4.69, 9.17) is 5.73 Å². The van der Waals surface area contributed by atoms with E-state index in [1.165, 1.54) is 31.4 Å². The van der Waals surface area contributed by atoms with Crippen molar-refractivity contribution in [3.63, 3.8) is 0 Å². The molecule has 0 aromatic carbocycles. The summed E-state index contributed by atoms with van der Waals surface area (Å²) in [4.78, 5) is 0. The summed E-state index contributed by atoms with van der Waals surface area (Å²) < 4.78 is 0. The zero-order chi connectivity index (χ0) is 8.36. The minimum atomic E-state index is 0.812. The quantitative estimate of drug-likeness (QED) is 0.474. The average molecular weight is 193 g/mol. The molecular formula is C8H19NS2. The molecule has 0 saturated heterocycles. The van der Waals surface area contributed by atoms with Gasteiger partial charge in [-0.3, -0.25) is 0 Å². The minimum Gasteiger partial charge on any atom is -0.330 e. The molecule has 68 valence electrons. The first-order valence-corrected chi connectivity index (χ1v) is 6.85. The lowest BCUT2D eigenvalue weighted by Gasteiger charge is -1.98. The van der Waals surface area contributed by atoms with Crippen molar-refractivity contribution < 1.29 is 0 Å². The lowest BCUT2D eigenvalue weighted by atomic mass is 10.2. The predicted molar refractivity (Wildman–Crippen MR) is 58.1 cm³/mol. The summed E-state index contributed by atoms with van der Waals surface area (Å²) in [6.45, 7) is 3.06. The van der Waals surface area contributed by atoms with Crippen molar-refractivity contribution in [2.75, 3.05) is 18.1 Å². The molecule has 2 N–H and O–H groups in total. The molecule has 0 saturated carbocycles. The molecule has 0 atom stereocenters. The molecule has 0 aromatic heterocycles. The van der Waals surface area contributed by atoms with Gasteiger partial charge in [-0.15, -0.1) is 0 Å². The Hall–Kier alpha value is 0.660. The molecule has 0 aliphatic rings. The summed E-state index contributed by atoms with van der Waals surface area (Å²) in [7, 11) is 3.87. The molecule has 0 bridgehead atoms. The van der Waals surface area contributed by atoms with Crippen molar-refractivity contribution in [2.45, 2.75) is 32.6 Å². The van der Waals surface area contributed by atoms with Crippen molar-refractivity contribution in [3.05, 3.63) is 0 Å². The number of unbranched alkanes of at least 4 members (excludes halogenated alkanes) is 3. The van der Waals surface area contributed by atoms with Crippen LogP contribution in [0.5, 0.6) is 0 Å². The van der Waals surface area contributed by atoms with Gasteiger partial charge < -0.3 is 5.73 Å². The van der Waals surface area contributed by atoms with Gasteiger partial charge in [-0.25, -0.2) is 0 Å². The van der Waals surface area contributed by atoms with E-state index in [-0.39, 0.29) is 0 Å². The molecule has 0 aromatic rings. The van der Waals surface area contributed by atoms with Crippen LogP contribution in [-0.2, 0) is 0 Å². The van der Waals surface area contributed by atoms with E-state index in [9.17, 15) is 0 Å². The number of hydrogen-bond acceptors (Lipinski definition) is 3. The van der Waals surface area contributed by atoms with Gasteiger partial charge in [0.05, 0.1) is 0 Å². The molecule has 1 nitrogen and oxygen atoms in total. The first-order valence-electron chi connectivity index (χ1n) is 4.36. The maximum absolute atomic E-state index is 5.36. The van der Waals surface area contributed by atoms with Gasteiger partial charge in [0.15, 0.2) is 0 Å². The van der Waals surface area contributed by atoms with Gasteiger partial charge in [-0.05, 0) is 6.42 Å². The molecule has 0 spiro atoms. The Balaban J connectivity index is 2.69. The summed E-state index contributed by atoms with van der Waals surface area (Å²) in [6.07, 6.45) is 5.49. The normalized spacial score (nSPS) is 10.4. The first-order chi connectivity index (χ1) is 5.41. The highest BCUT2D eigenvalue weighted by molar-refractivity contribution is 8.76. The molecule has 3 heteroatoms. The van der Waals surface area contributed by atoms with Crippen molar-refractivity contribution in [3.8, 4) is 0 Å². The molecule has 0 rings (SSSR count). The van der Waals surface area contributed by atoms with E-state index in [2.05, 4.69) is 6.92 Å². The molecule has 0 aliphatic heterocycles. The standard InChI is InChI=1S/C8H19NS2/c1-2-3-4-5-7-10-11-8-6-9/h2-9H2,1H3. The SMILES string of the molecule is CCCCCCSSCCN. The second-order valence-corrected chi connectivity index (χ2v) is 5.20. The second-order valence-electron chi connectivity index (χ2n) is 2.49. The second kappa shape index (κ2) is 10.7. The Kier molecular flexibility index (Phi) is 11.3. The van der Waals surface area contributed by atoms with Crippen molar-refractivity contribution in [1.82, 2.24) is 0 Å². The number of nitrogens with two attached hydrogens (primary N) is 1. The average Bonchev–Trinajstić information content (AvgIpc) is 2.03. The summed E-state index contributed by atoms with van der Waals surface area (Å²) in [5.74, 6) is 2.39. The highest BCUT2D eigenvalue weighted by atomic mass is 33.1. The van der Waals surface area contributed by atoms with Gasteiger partial charge in [0, 0.05) is 18.1 Å². The van der Waals surface area contributed by atoms with E-state index in [0.717, 1.165) is 12.3 Å². The largest absolute Gasteiger partial charge is 0.330 e. The molecule has 0 heterocycles. The van der Waals surface area contributed by atoms with Gasteiger partial charge >= 0.3 is 0 Å². The van der Waals surface area contributed by atoms with Crippen LogP contribution in [0.2, 0.25) is 0 Å². The fourth-order valence-corrected chi connectivity index (χ4v) is 2.76. The predicted octanol–water partition coefficient (Wildman–Crippen LogP) is 2.91. The van der Waals surface area contributed by atoms with Gasteiger partial charge in [0.25, 0.3) is 0 Å². The van der Waals surface area contributed by atoms with Crippen LogP contribution in [0, 0.1) is 0 Å². The van der Waals surface area contributed by atoms with E-state index >= 15 is 0 Å². The Morgan fingerprint density at radius 3 is 2.36 bits per heavy atom. The van der Waals surface area contributed by atoms with Crippen molar-refractivity contribution >= 4 is 21.6 Å². The third kappa shape index (κ3) is 10.7. The minimum absolute atomic E-state index is 0.812. The highest BCUT2D eigenvalue weighted by Gasteiger charge is 1.89. The van der Waals surface area contributed by atoms with Crippen LogP contribution >= 0.6 is 21.6 Å². The van der Waals surface area contributed by atoms with Crippen LogP contribution in [0.1, 0.15) is 32.6 Å². The molecule has 11 heavy (non-hydrogen) atoms. The zero-order valence-corrected chi connectivity index (χ0v) is 8.98. The van der Waals surface area contributed by atoms with Gasteiger partial charge in [0.1, 0.15) is 0 Å². The Labute approximate surface area is 78.3 Å². The topological polar surface area (TPSA) is 26.0 Å². The van der Waals surface area contributed by atoms with Gasteiger partial charge in [-0.2, -0.15) is 0 Å². The van der Waals surface area contributed by atoms with Crippen LogP contribution in [-0.4, -0.2) is 18.1 Å². The molecule has 0 radical (unpaired) electrons. The third-order valence-electron chi connectivity index (χ3n) is 1.37. The summed E-state index contributed by atoms with van der Waals surface area (Å²) in [5.41, 5.74) is 5.36. The fraction of sp³-hybridized carbons (Fsp3) is 1.00. The van der Waals surface area contributed by atoms with Crippen LogP contribution in [0.15, 0.2) is 0 Å². The van der Waals surface area contributed by atoms with E-state index in [1.807, 2.05) is 21.6 Å². The first kappa shape index (κ1) is 11.7. The Morgan fingerprint density at radius 2 is 1.73 bits per heavy atom. The molecule has 0 aliphatic carbocycles. The summed E-state index contributed by atoms with van der Waals surface area (Å²) >= 11 is 0.